The smallest absolute Gasteiger partial charge is 0.110 e. The number of aryl methyl sites for hydroxylation is 2. The molecule has 1 aliphatic rings. The highest BCUT2D eigenvalue weighted by Gasteiger charge is 2.25. The highest BCUT2D eigenvalue weighted by Crippen LogP contribution is 2.34. The molecule has 1 aliphatic carbocycles. The lowest BCUT2D eigenvalue weighted by atomic mass is 9.96. The van der Waals surface area contributed by atoms with Crippen molar-refractivity contribution in [1.29, 1.82) is 0 Å². The lowest BCUT2D eigenvalue weighted by molar-refractivity contribution is 0.339. The average molecular weight is 266 g/mol. The molecule has 0 saturated heterocycles. The average Bonchev–Trinajstić information content (AvgIpc) is 2.85. The molecule has 0 radical (unpaired) electrons. The first kappa shape index (κ1) is 14.0. The molecule has 0 amide bonds. The van der Waals surface area contributed by atoms with E-state index in [9.17, 15) is 0 Å². The molecule has 2 unspecified atom stereocenters. The van der Waals surface area contributed by atoms with Crippen LogP contribution in [-0.4, -0.2) is 11.0 Å². The molecule has 0 saturated carbocycles. The van der Waals surface area contributed by atoms with Gasteiger partial charge < -0.3 is 5.32 Å². The van der Waals surface area contributed by atoms with Crippen LogP contribution in [0.5, 0.6) is 0 Å². The van der Waals surface area contributed by atoms with E-state index in [1.165, 1.54) is 42.8 Å². The number of aromatic nitrogens is 1. The topological polar surface area (TPSA) is 24.9 Å². The fraction of sp³-hybridized carbons (Fsp3) is 0.800. The molecule has 3 heteroatoms. The minimum atomic E-state index is 0.445. The van der Waals surface area contributed by atoms with Crippen LogP contribution in [0.4, 0.5) is 0 Å². The normalized spacial score (nSPS) is 18.1. The second-order valence-corrected chi connectivity index (χ2v) is 6.96. The quantitative estimate of drug-likeness (QED) is 0.838. The summed E-state index contributed by atoms with van der Waals surface area (Å²) in [6.45, 7) is 9.08. The number of rotatable bonds is 6. The summed E-state index contributed by atoms with van der Waals surface area (Å²) in [7, 11) is 0. The minimum Gasteiger partial charge on any atom is -0.305 e. The maximum atomic E-state index is 4.90. The van der Waals surface area contributed by atoms with Crippen molar-refractivity contribution in [2.24, 2.45) is 5.92 Å². The molecule has 0 bridgehead atoms. The molecular formula is C15H26N2S. The molecule has 0 aromatic carbocycles. The molecule has 2 atom stereocenters. The van der Waals surface area contributed by atoms with Gasteiger partial charge >= 0.3 is 0 Å². The van der Waals surface area contributed by atoms with Crippen LogP contribution < -0.4 is 5.32 Å². The molecule has 0 fully saturated rings. The highest BCUT2D eigenvalue weighted by atomic mass is 32.1. The number of nitrogens with one attached hydrogen (secondary N) is 1. The SMILES string of the molecule is CCCC(C)C(NC(C)C)c1nc2c(s1)CCC2. The summed E-state index contributed by atoms with van der Waals surface area (Å²) < 4.78 is 0. The van der Waals surface area contributed by atoms with Crippen molar-refractivity contribution < 1.29 is 0 Å². The van der Waals surface area contributed by atoms with Crippen molar-refractivity contribution in [3.05, 3.63) is 15.6 Å². The Morgan fingerprint density at radius 1 is 1.28 bits per heavy atom. The molecule has 1 heterocycles. The number of thiazole rings is 1. The van der Waals surface area contributed by atoms with E-state index in [1.54, 1.807) is 4.88 Å². The Morgan fingerprint density at radius 2 is 2.06 bits per heavy atom. The third-order valence-electron chi connectivity index (χ3n) is 3.70. The Balaban J connectivity index is 2.16. The first-order valence-electron chi connectivity index (χ1n) is 7.36. The van der Waals surface area contributed by atoms with Gasteiger partial charge in [-0.3, -0.25) is 0 Å². The summed E-state index contributed by atoms with van der Waals surface area (Å²) >= 11 is 1.95. The zero-order valence-electron chi connectivity index (χ0n) is 12.1. The van der Waals surface area contributed by atoms with Gasteiger partial charge in [-0.25, -0.2) is 4.98 Å². The molecule has 0 aliphatic heterocycles. The van der Waals surface area contributed by atoms with Crippen molar-refractivity contribution >= 4 is 11.3 Å². The van der Waals surface area contributed by atoms with Crippen LogP contribution in [0.25, 0.3) is 0 Å². The van der Waals surface area contributed by atoms with E-state index in [0.29, 0.717) is 18.0 Å². The third-order valence-corrected chi connectivity index (χ3v) is 4.94. The number of fused-ring (bicyclic) bond motifs is 1. The highest BCUT2D eigenvalue weighted by molar-refractivity contribution is 7.11. The van der Waals surface area contributed by atoms with Gasteiger partial charge in [0.05, 0.1) is 11.7 Å². The fourth-order valence-corrected chi connectivity index (χ4v) is 4.15. The molecule has 0 spiro atoms. The van der Waals surface area contributed by atoms with Crippen molar-refractivity contribution in [3.63, 3.8) is 0 Å². The van der Waals surface area contributed by atoms with Gasteiger partial charge in [0, 0.05) is 10.9 Å². The van der Waals surface area contributed by atoms with E-state index >= 15 is 0 Å². The van der Waals surface area contributed by atoms with Crippen molar-refractivity contribution in [2.45, 2.75) is 71.9 Å². The summed E-state index contributed by atoms with van der Waals surface area (Å²) in [5.74, 6) is 0.670. The maximum Gasteiger partial charge on any atom is 0.110 e. The molecule has 102 valence electrons. The van der Waals surface area contributed by atoms with Crippen LogP contribution in [0.15, 0.2) is 0 Å². The molecule has 1 aromatic rings. The van der Waals surface area contributed by atoms with Crippen LogP contribution in [0.3, 0.4) is 0 Å². The standard InChI is InChI=1S/C15H26N2S/c1-5-7-11(4)14(16-10(2)3)15-17-12-8-6-9-13(12)18-15/h10-11,14,16H,5-9H2,1-4H3. The maximum absolute atomic E-state index is 4.90. The van der Waals surface area contributed by atoms with Crippen molar-refractivity contribution in [2.75, 3.05) is 0 Å². The monoisotopic (exact) mass is 266 g/mol. The van der Waals surface area contributed by atoms with Crippen molar-refractivity contribution in [3.8, 4) is 0 Å². The van der Waals surface area contributed by atoms with Crippen LogP contribution in [-0.2, 0) is 12.8 Å². The van der Waals surface area contributed by atoms with Crippen molar-refractivity contribution in [1.82, 2.24) is 10.3 Å². The van der Waals surface area contributed by atoms with Gasteiger partial charge in [-0.15, -0.1) is 11.3 Å². The van der Waals surface area contributed by atoms with Gasteiger partial charge in [-0.2, -0.15) is 0 Å². The molecule has 1 aromatic heterocycles. The van der Waals surface area contributed by atoms with Crippen LogP contribution >= 0.6 is 11.3 Å². The van der Waals surface area contributed by atoms with Crippen LogP contribution in [0.2, 0.25) is 0 Å². The zero-order chi connectivity index (χ0) is 13.1. The van der Waals surface area contributed by atoms with E-state index < -0.39 is 0 Å². The van der Waals surface area contributed by atoms with E-state index in [-0.39, 0.29) is 0 Å². The van der Waals surface area contributed by atoms with Gasteiger partial charge in [0.1, 0.15) is 5.01 Å². The Labute approximate surface area is 115 Å². The van der Waals surface area contributed by atoms with E-state index in [0.717, 1.165) is 0 Å². The summed E-state index contributed by atoms with van der Waals surface area (Å²) in [5.41, 5.74) is 1.38. The number of hydrogen-bond donors (Lipinski definition) is 1. The van der Waals surface area contributed by atoms with Gasteiger partial charge in [0.15, 0.2) is 0 Å². The van der Waals surface area contributed by atoms with E-state index in [4.69, 9.17) is 4.98 Å². The lowest BCUT2D eigenvalue weighted by Gasteiger charge is -2.25. The second-order valence-electron chi connectivity index (χ2n) is 5.84. The zero-order valence-corrected chi connectivity index (χ0v) is 12.9. The predicted octanol–water partition coefficient (Wildman–Crippen LogP) is 4.11. The van der Waals surface area contributed by atoms with Gasteiger partial charge in [0.2, 0.25) is 0 Å². The largest absolute Gasteiger partial charge is 0.305 e. The third kappa shape index (κ3) is 3.12. The molecule has 2 rings (SSSR count). The Hall–Kier alpha value is -0.410. The molecule has 2 nitrogen and oxygen atoms in total. The second kappa shape index (κ2) is 6.16. The lowest BCUT2D eigenvalue weighted by Crippen LogP contribution is -2.32. The summed E-state index contributed by atoms with van der Waals surface area (Å²) in [4.78, 5) is 6.45. The Kier molecular flexibility index (Phi) is 4.79. The first-order chi connectivity index (χ1) is 8.61. The Bertz CT molecular complexity index is 362. The molecular weight excluding hydrogens is 240 g/mol. The van der Waals surface area contributed by atoms with Crippen LogP contribution in [0.1, 0.15) is 68.6 Å². The van der Waals surface area contributed by atoms with Gasteiger partial charge in [0.25, 0.3) is 0 Å². The predicted molar refractivity (Wildman–Crippen MR) is 79.2 cm³/mol. The van der Waals surface area contributed by atoms with Crippen LogP contribution in [0, 0.1) is 5.92 Å². The first-order valence-corrected chi connectivity index (χ1v) is 8.18. The summed E-state index contributed by atoms with van der Waals surface area (Å²) in [6, 6.07) is 0.966. The number of hydrogen-bond acceptors (Lipinski definition) is 3. The van der Waals surface area contributed by atoms with E-state index in [2.05, 4.69) is 33.0 Å². The summed E-state index contributed by atoms with van der Waals surface area (Å²) in [5, 5.41) is 5.05. The molecule has 18 heavy (non-hydrogen) atoms. The van der Waals surface area contributed by atoms with Gasteiger partial charge in [-0.1, -0.05) is 34.1 Å². The fourth-order valence-electron chi connectivity index (χ4n) is 2.80. The van der Waals surface area contributed by atoms with E-state index in [1.807, 2.05) is 11.3 Å². The molecule has 1 N–H and O–H groups in total. The Morgan fingerprint density at radius 3 is 2.67 bits per heavy atom. The minimum absolute atomic E-state index is 0.445. The van der Waals surface area contributed by atoms with Gasteiger partial charge in [-0.05, 0) is 31.6 Å². The summed E-state index contributed by atoms with van der Waals surface area (Å²) in [6.07, 6.45) is 6.28. The number of nitrogens with zero attached hydrogens (tertiary/aromatic N) is 1.